The van der Waals surface area contributed by atoms with Crippen molar-refractivity contribution in [3.63, 3.8) is 0 Å². The summed E-state index contributed by atoms with van der Waals surface area (Å²) >= 11 is 0. The maximum atomic E-state index is 10.4. The van der Waals surface area contributed by atoms with Crippen LogP contribution in [0, 0.1) is 77.0 Å². The van der Waals surface area contributed by atoms with Crippen LogP contribution in [0.25, 0.3) is 0 Å². The largest absolute Gasteiger partial charge is 0.508 e. The first-order chi connectivity index (χ1) is 29.3. The summed E-state index contributed by atoms with van der Waals surface area (Å²) in [5, 5.41) is 39.0. The highest BCUT2D eigenvalue weighted by Crippen LogP contribution is 2.44. The third-order valence-electron chi connectivity index (χ3n) is 14.6. The zero-order valence-corrected chi connectivity index (χ0v) is 44.2. The lowest BCUT2D eigenvalue weighted by atomic mass is 9.84. The van der Waals surface area contributed by atoms with Gasteiger partial charge in [-0.3, -0.25) is 0 Å². The van der Waals surface area contributed by atoms with Crippen LogP contribution < -0.4 is 4.74 Å². The van der Waals surface area contributed by atoms with Crippen molar-refractivity contribution in [3.05, 3.63) is 57.7 Å². The van der Waals surface area contributed by atoms with Crippen molar-refractivity contribution in [1.29, 1.82) is 0 Å². The molecule has 0 saturated carbocycles. The number of aliphatic hydroxyl groups is 1. The first-order valence-corrected chi connectivity index (χ1v) is 25.7. The molecule has 5 nitrogen and oxygen atoms in total. The van der Waals surface area contributed by atoms with E-state index in [1.165, 1.54) is 102 Å². The Balaban J connectivity index is 0.000000532. The molecular formula is C58H102O5. The van der Waals surface area contributed by atoms with E-state index in [9.17, 15) is 20.4 Å². The molecule has 0 saturated heterocycles. The number of rotatable bonds is 25. The van der Waals surface area contributed by atoms with E-state index in [-0.39, 0.29) is 17.1 Å². The van der Waals surface area contributed by atoms with Gasteiger partial charge in [0.15, 0.2) is 0 Å². The molecular weight excluding hydrogens is 777 g/mol. The molecule has 0 aromatic heterocycles. The first-order valence-electron chi connectivity index (χ1n) is 25.7. The Morgan fingerprint density at radius 1 is 0.603 bits per heavy atom. The monoisotopic (exact) mass is 879 g/mol. The summed E-state index contributed by atoms with van der Waals surface area (Å²) in [7, 11) is 0. The lowest BCUT2D eigenvalue weighted by Crippen LogP contribution is -2.37. The van der Waals surface area contributed by atoms with Crippen molar-refractivity contribution in [2.45, 2.75) is 250 Å². The molecule has 0 aliphatic carbocycles. The van der Waals surface area contributed by atoms with Crippen molar-refractivity contribution in [1.82, 2.24) is 0 Å². The average Bonchev–Trinajstić information content (AvgIpc) is 3.20. The number of aryl methyl sites for hydroxylation is 1. The van der Waals surface area contributed by atoms with E-state index in [0.717, 1.165) is 101 Å². The lowest BCUT2D eigenvalue weighted by Gasteiger charge is -2.38. The minimum absolute atomic E-state index is 0.0712. The Morgan fingerprint density at radius 3 is 1.46 bits per heavy atom. The van der Waals surface area contributed by atoms with Gasteiger partial charge in [0.2, 0.25) is 0 Å². The smallest absolute Gasteiger partial charge is 0.127 e. The highest BCUT2D eigenvalue weighted by Gasteiger charge is 2.34. The number of benzene rings is 2. The number of phenolic OH excluding ortho intramolecular Hbond substituents is 3. The molecule has 6 unspecified atom stereocenters. The fourth-order valence-electron chi connectivity index (χ4n) is 9.21. The molecule has 1 aliphatic rings. The molecule has 5 heteroatoms. The van der Waals surface area contributed by atoms with Gasteiger partial charge < -0.3 is 25.2 Å². The Kier molecular flexibility index (Phi) is 26.9. The van der Waals surface area contributed by atoms with Crippen molar-refractivity contribution >= 4 is 0 Å². The number of phenols is 3. The van der Waals surface area contributed by atoms with E-state index in [1.807, 2.05) is 20.8 Å². The maximum Gasteiger partial charge on any atom is 0.127 e. The van der Waals surface area contributed by atoms with Gasteiger partial charge in [0.1, 0.15) is 28.6 Å². The second-order valence-electron chi connectivity index (χ2n) is 22.2. The van der Waals surface area contributed by atoms with E-state index >= 15 is 0 Å². The van der Waals surface area contributed by atoms with Crippen LogP contribution in [0.5, 0.6) is 23.0 Å². The van der Waals surface area contributed by atoms with Gasteiger partial charge in [0.05, 0.1) is 5.60 Å². The van der Waals surface area contributed by atoms with E-state index in [1.54, 1.807) is 32.9 Å². The standard InChI is InChI=1S/C29H50O2.C20H40O.C9H12O2/c1-20(2)12-9-13-21(3)14-10-15-22(4)16-11-18-29(8)19-17-26-25(7)27(30)23(5)24(6)28(26)31-29;1-7-20(6,21)16-10-15-19(5)14-9-13-18(4)12-8-11-17(2)3;1-5-4-8(10)6(2)7(3)9(5)11/h20-22,30H,9-19H2,1-8H3;7,17-19,21H,1,8-16H2,2-6H3;4,10-11H,1-3H3. The van der Waals surface area contributed by atoms with Crippen LogP contribution in [-0.4, -0.2) is 31.6 Å². The van der Waals surface area contributed by atoms with Gasteiger partial charge in [0.25, 0.3) is 0 Å². The Morgan fingerprint density at radius 2 is 1.02 bits per heavy atom. The van der Waals surface area contributed by atoms with Gasteiger partial charge in [-0.2, -0.15) is 0 Å². The van der Waals surface area contributed by atoms with Crippen LogP contribution in [0.2, 0.25) is 0 Å². The van der Waals surface area contributed by atoms with Crippen molar-refractivity contribution in [3.8, 4) is 23.0 Å². The van der Waals surface area contributed by atoms with Gasteiger partial charge in [-0.15, -0.1) is 6.58 Å². The van der Waals surface area contributed by atoms with Crippen LogP contribution >= 0.6 is 0 Å². The number of hydrogen-bond acceptors (Lipinski definition) is 5. The normalized spacial score (nSPS) is 17.6. The van der Waals surface area contributed by atoms with Crippen LogP contribution in [0.4, 0.5) is 0 Å². The second kappa shape index (κ2) is 29.1. The molecule has 0 radical (unpaired) electrons. The van der Waals surface area contributed by atoms with Gasteiger partial charge in [-0.1, -0.05) is 158 Å². The summed E-state index contributed by atoms with van der Waals surface area (Å²) in [6.45, 7) is 38.2. The molecule has 364 valence electrons. The third kappa shape index (κ3) is 22.4. The van der Waals surface area contributed by atoms with E-state index < -0.39 is 5.60 Å². The van der Waals surface area contributed by atoms with E-state index in [4.69, 9.17) is 4.74 Å². The minimum atomic E-state index is -0.676. The topological polar surface area (TPSA) is 90.2 Å². The Labute approximate surface area is 390 Å². The molecule has 2 aromatic rings. The number of aromatic hydroxyl groups is 3. The molecule has 0 bridgehead atoms. The molecule has 3 rings (SSSR count). The van der Waals surface area contributed by atoms with Crippen molar-refractivity contribution in [2.24, 2.45) is 35.5 Å². The molecule has 1 heterocycles. The molecule has 2 aromatic carbocycles. The fraction of sp³-hybridized carbons (Fsp3) is 0.759. The lowest BCUT2D eigenvalue weighted by molar-refractivity contribution is 0.0511. The Hall–Kier alpha value is -2.66. The van der Waals surface area contributed by atoms with Crippen molar-refractivity contribution in [2.75, 3.05) is 0 Å². The van der Waals surface area contributed by atoms with Gasteiger partial charge in [-0.25, -0.2) is 0 Å². The predicted octanol–water partition coefficient (Wildman–Crippen LogP) is 17.2. The van der Waals surface area contributed by atoms with Crippen LogP contribution in [-0.2, 0) is 6.42 Å². The van der Waals surface area contributed by atoms with Crippen LogP contribution in [0.1, 0.15) is 230 Å². The summed E-state index contributed by atoms with van der Waals surface area (Å²) in [5.41, 5.74) is 5.76. The number of fused-ring (bicyclic) bond motifs is 1. The molecule has 6 atom stereocenters. The van der Waals surface area contributed by atoms with Crippen molar-refractivity contribution < 1.29 is 25.2 Å². The summed E-state index contributed by atoms with van der Waals surface area (Å²) in [6.07, 6.45) is 27.1. The molecule has 1 aliphatic heterocycles. The Bertz CT molecular complexity index is 1580. The SMILES string of the molecule is C=CC(C)(O)CCCC(C)CCCC(C)CCCC(C)C.Cc1c(C)c2c(c(C)c1O)CCC(C)(CCCC(C)CCCC(C)CCCC(C)C)O2.Cc1cc(O)c(C)c(C)c1O. The minimum Gasteiger partial charge on any atom is -0.508 e. The number of hydrogen-bond donors (Lipinski definition) is 4. The average molecular weight is 879 g/mol. The van der Waals surface area contributed by atoms with Gasteiger partial charge >= 0.3 is 0 Å². The maximum absolute atomic E-state index is 10.4. The molecule has 0 amide bonds. The molecule has 4 N–H and O–H groups in total. The fourth-order valence-corrected chi connectivity index (χ4v) is 9.21. The summed E-state index contributed by atoms with van der Waals surface area (Å²) in [6, 6.07) is 1.57. The summed E-state index contributed by atoms with van der Waals surface area (Å²) in [4.78, 5) is 0. The number of ether oxygens (including phenoxy) is 1. The zero-order valence-electron chi connectivity index (χ0n) is 44.2. The van der Waals surface area contributed by atoms with Crippen LogP contribution in [0.15, 0.2) is 18.7 Å². The summed E-state index contributed by atoms with van der Waals surface area (Å²) in [5.74, 6) is 7.09. The second-order valence-corrected chi connectivity index (χ2v) is 22.2. The summed E-state index contributed by atoms with van der Waals surface area (Å²) < 4.78 is 6.60. The predicted molar refractivity (Wildman–Crippen MR) is 274 cm³/mol. The molecule has 0 spiro atoms. The van der Waals surface area contributed by atoms with Gasteiger partial charge in [0, 0.05) is 5.56 Å². The van der Waals surface area contributed by atoms with E-state index in [0.29, 0.717) is 11.3 Å². The third-order valence-corrected chi connectivity index (χ3v) is 14.6. The highest BCUT2D eigenvalue weighted by molar-refractivity contribution is 5.58. The quantitative estimate of drug-likeness (QED) is 0.0589. The molecule has 63 heavy (non-hydrogen) atoms. The van der Waals surface area contributed by atoms with E-state index in [2.05, 4.69) is 75.8 Å². The zero-order chi connectivity index (χ0) is 48.1. The van der Waals surface area contributed by atoms with Gasteiger partial charge in [-0.05, 0) is 162 Å². The molecule has 0 fully saturated rings. The highest BCUT2D eigenvalue weighted by atomic mass is 16.5. The van der Waals surface area contributed by atoms with Crippen LogP contribution in [0.3, 0.4) is 0 Å². The first kappa shape index (κ1) is 58.4.